The van der Waals surface area contributed by atoms with Crippen molar-refractivity contribution in [2.45, 2.75) is 52.5 Å². The molecule has 0 spiro atoms. The summed E-state index contributed by atoms with van der Waals surface area (Å²) in [6, 6.07) is 0.675. The van der Waals surface area contributed by atoms with Gasteiger partial charge in [0.2, 0.25) is 0 Å². The van der Waals surface area contributed by atoms with Crippen molar-refractivity contribution in [2.24, 2.45) is 10.9 Å². The highest BCUT2D eigenvalue weighted by atomic mass is 15.3. The van der Waals surface area contributed by atoms with Crippen LogP contribution in [0.5, 0.6) is 0 Å². The van der Waals surface area contributed by atoms with E-state index in [0.29, 0.717) is 6.04 Å². The minimum Gasteiger partial charge on any atom is -0.355 e. The maximum absolute atomic E-state index is 4.40. The summed E-state index contributed by atoms with van der Waals surface area (Å²) in [4.78, 5) is 9.28. The maximum atomic E-state index is 4.40. The summed E-state index contributed by atoms with van der Waals surface area (Å²) >= 11 is 0. The Balaban J connectivity index is 2.39. The maximum Gasteiger partial charge on any atom is 0.193 e. The first-order valence-corrected chi connectivity index (χ1v) is 8.24. The predicted molar refractivity (Wildman–Crippen MR) is 88.3 cm³/mol. The molecule has 20 heavy (non-hydrogen) atoms. The zero-order valence-corrected chi connectivity index (χ0v) is 14.2. The van der Waals surface area contributed by atoms with Gasteiger partial charge in [-0.3, -0.25) is 9.89 Å². The van der Waals surface area contributed by atoms with Gasteiger partial charge in [0, 0.05) is 39.8 Å². The van der Waals surface area contributed by atoms with Crippen LogP contribution in [-0.4, -0.2) is 62.1 Å². The van der Waals surface area contributed by atoms with E-state index >= 15 is 0 Å². The van der Waals surface area contributed by atoms with E-state index in [9.17, 15) is 0 Å². The summed E-state index contributed by atoms with van der Waals surface area (Å²) in [5.74, 6) is 1.79. The lowest BCUT2D eigenvalue weighted by molar-refractivity contribution is 0.225. The fourth-order valence-corrected chi connectivity index (χ4v) is 2.93. The first kappa shape index (κ1) is 17.3. The van der Waals surface area contributed by atoms with E-state index in [-0.39, 0.29) is 0 Å². The van der Waals surface area contributed by atoms with Gasteiger partial charge >= 0.3 is 0 Å². The second kappa shape index (κ2) is 9.22. The smallest absolute Gasteiger partial charge is 0.193 e. The molecular weight excluding hydrogens is 248 g/mol. The highest BCUT2D eigenvalue weighted by molar-refractivity contribution is 5.79. The van der Waals surface area contributed by atoms with E-state index < -0.39 is 0 Å². The number of aliphatic imine (C=N–C) groups is 1. The fraction of sp³-hybridized carbons (Fsp3) is 0.938. The van der Waals surface area contributed by atoms with Crippen LogP contribution in [0.4, 0.5) is 0 Å². The van der Waals surface area contributed by atoms with E-state index in [1.807, 2.05) is 7.05 Å². The van der Waals surface area contributed by atoms with Crippen LogP contribution in [0, 0.1) is 5.92 Å². The average molecular weight is 282 g/mol. The Morgan fingerprint density at radius 1 is 1.45 bits per heavy atom. The summed E-state index contributed by atoms with van der Waals surface area (Å²) in [6.07, 6.45) is 5.10. The number of nitrogens with zero attached hydrogens (tertiary/aromatic N) is 3. The second-order valence-corrected chi connectivity index (χ2v) is 6.39. The van der Waals surface area contributed by atoms with Crippen molar-refractivity contribution in [1.82, 2.24) is 15.1 Å². The topological polar surface area (TPSA) is 30.9 Å². The van der Waals surface area contributed by atoms with Crippen molar-refractivity contribution in [3.8, 4) is 0 Å². The minimum atomic E-state index is 0.675. The Kier molecular flexibility index (Phi) is 7.97. The Bertz CT molecular complexity index is 288. The summed E-state index contributed by atoms with van der Waals surface area (Å²) in [7, 11) is 4.01. The Labute approximate surface area is 125 Å². The minimum absolute atomic E-state index is 0.675. The monoisotopic (exact) mass is 282 g/mol. The van der Waals surface area contributed by atoms with E-state index in [2.05, 4.69) is 47.9 Å². The van der Waals surface area contributed by atoms with Gasteiger partial charge in [0.15, 0.2) is 5.96 Å². The van der Waals surface area contributed by atoms with E-state index in [0.717, 1.165) is 25.0 Å². The molecule has 0 aromatic carbocycles. The van der Waals surface area contributed by atoms with Gasteiger partial charge in [0.25, 0.3) is 0 Å². The van der Waals surface area contributed by atoms with Crippen molar-refractivity contribution in [2.75, 3.05) is 40.3 Å². The zero-order valence-electron chi connectivity index (χ0n) is 14.2. The average Bonchev–Trinajstić information content (AvgIpc) is 2.83. The van der Waals surface area contributed by atoms with Crippen LogP contribution >= 0.6 is 0 Å². The number of unbranched alkanes of at least 4 members (excludes halogenated alkanes) is 1. The predicted octanol–water partition coefficient (Wildman–Crippen LogP) is 2.41. The van der Waals surface area contributed by atoms with Crippen LogP contribution in [0.15, 0.2) is 4.99 Å². The van der Waals surface area contributed by atoms with Crippen LogP contribution in [0.3, 0.4) is 0 Å². The molecule has 0 aromatic rings. The number of hydrogen-bond acceptors (Lipinski definition) is 2. The molecule has 0 unspecified atom stereocenters. The van der Waals surface area contributed by atoms with Crippen LogP contribution in [0.25, 0.3) is 0 Å². The summed E-state index contributed by atoms with van der Waals surface area (Å²) in [5, 5.41) is 3.56. The molecule has 4 heteroatoms. The molecule has 4 nitrogen and oxygen atoms in total. The van der Waals surface area contributed by atoms with Crippen LogP contribution in [0.1, 0.15) is 46.5 Å². The number of hydrogen-bond donors (Lipinski definition) is 1. The molecule has 0 amide bonds. The van der Waals surface area contributed by atoms with E-state index in [1.165, 1.54) is 38.8 Å². The van der Waals surface area contributed by atoms with Crippen molar-refractivity contribution >= 4 is 5.96 Å². The summed E-state index contributed by atoms with van der Waals surface area (Å²) in [5.41, 5.74) is 0. The van der Waals surface area contributed by atoms with Gasteiger partial charge in [-0.2, -0.15) is 0 Å². The Morgan fingerprint density at radius 2 is 2.20 bits per heavy atom. The highest BCUT2D eigenvalue weighted by Gasteiger charge is 2.25. The molecule has 1 aliphatic heterocycles. The van der Waals surface area contributed by atoms with Gasteiger partial charge in [0.1, 0.15) is 0 Å². The molecule has 0 radical (unpaired) electrons. The lowest BCUT2D eigenvalue weighted by Crippen LogP contribution is -2.46. The first-order valence-electron chi connectivity index (χ1n) is 8.24. The summed E-state index contributed by atoms with van der Waals surface area (Å²) < 4.78 is 0. The van der Waals surface area contributed by atoms with Crippen LogP contribution < -0.4 is 5.32 Å². The molecule has 0 aromatic heterocycles. The van der Waals surface area contributed by atoms with Gasteiger partial charge < -0.3 is 10.2 Å². The Hall–Kier alpha value is -0.770. The third-order valence-electron chi connectivity index (χ3n) is 4.01. The SMILES string of the molecule is CCCCN(C)C(=NC)NC[C@H]1CCCN1CC(C)C. The molecule has 1 atom stereocenters. The third-order valence-corrected chi connectivity index (χ3v) is 4.01. The lowest BCUT2D eigenvalue weighted by Gasteiger charge is -2.28. The Morgan fingerprint density at radius 3 is 2.80 bits per heavy atom. The van der Waals surface area contributed by atoms with Gasteiger partial charge in [0.05, 0.1) is 0 Å². The standard InChI is InChI=1S/C16H34N4/c1-6-7-10-19(5)16(17-4)18-12-15-9-8-11-20(15)13-14(2)3/h14-15H,6-13H2,1-5H3,(H,17,18)/t15-/m1/s1. The first-order chi connectivity index (χ1) is 9.58. The van der Waals surface area contributed by atoms with Gasteiger partial charge in [-0.1, -0.05) is 27.2 Å². The molecule has 118 valence electrons. The molecule has 1 rings (SSSR count). The molecule has 1 heterocycles. The van der Waals surface area contributed by atoms with Crippen molar-refractivity contribution in [1.29, 1.82) is 0 Å². The fourth-order valence-electron chi connectivity index (χ4n) is 2.93. The number of rotatable bonds is 7. The van der Waals surface area contributed by atoms with Crippen LogP contribution in [0.2, 0.25) is 0 Å². The molecule has 1 saturated heterocycles. The van der Waals surface area contributed by atoms with Gasteiger partial charge in [-0.25, -0.2) is 0 Å². The van der Waals surface area contributed by atoms with E-state index in [1.54, 1.807) is 0 Å². The molecule has 1 aliphatic rings. The number of nitrogens with one attached hydrogen (secondary N) is 1. The normalized spacial score (nSPS) is 20.7. The molecular formula is C16H34N4. The number of guanidine groups is 1. The quantitative estimate of drug-likeness (QED) is 0.575. The van der Waals surface area contributed by atoms with Gasteiger partial charge in [-0.15, -0.1) is 0 Å². The van der Waals surface area contributed by atoms with Gasteiger partial charge in [-0.05, 0) is 31.7 Å². The molecule has 0 bridgehead atoms. The zero-order chi connectivity index (χ0) is 15.0. The lowest BCUT2D eigenvalue weighted by atomic mass is 10.1. The highest BCUT2D eigenvalue weighted by Crippen LogP contribution is 2.17. The van der Waals surface area contributed by atoms with Crippen LogP contribution in [-0.2, 0) is 0 Å². The molecule has 1 N–H and O–H groups in total. The second-order valence-electron chi connectivity index (χ2n) is 6.39. The largest absolute Gasteiger partial charge is 0.355 e. The van der Waals surface area contributed by atoms with E-state index in [4.69, 9.17) is 0 Å². The number of likely N-dealkylation sites (tertiary alicyclic amines) is 1. The van der Waals surface area contributed by atoms with Crippen molar-refractivity contribution in [3.63, 3.8) is 0 Å². The molecule has 1 fully saturated rings. The molecule has 0 saturated carbocycles. The third kappa shape index (κ3) is 5.70. The van der Waals surface area contributed by atoms with Crippen molar-refractivity contribution in [3.05, 3.63) is 0 Å². The molecule has 0 aliphatic carbocycles. The van der Waals surface area contributed by atoms with Crippen molar-refractivity contribution < 1.29 is 0 Å². The summed E-state index contributed by atoms with van der Waals surface area (Å²) in [6.45, 7) is 11.4.